The van der Waals surface area contributed by atoms with Crippen LogP contribution in [0.3, 0.4) is 0 Å². The average Bonchev–Trinajstić information content (AvgIpc) is 3.28. The zero-order chi connectivity index (χ0) is 38.8. The topological polar surface area (TPSA) is 15.7 Å². The molecular weight excluding hydrogens is 705 g/mol. The molecule has 0 saturated heterocycles. The smallest absolute Gasteiger partial charge is 0.152 e. The highest BCUT2D eigenvalue weighted by Crippen LogP contribution is 2.61. The van der Waals surface area contributed by atoms with Gasteiger partial charge in [0.1, 0.15) is 0 Å². The Morgan fingerprint density at radius 3 is 1.72 bits per heavy atom. The lowest BCUT2D eigenvalue weighted by Gasteiger charge is -2.45. The lowest BCUT2D eigenvalue weighted by Crippen LogP contribution is -2.32. The van der Waals surface area contributed by atoms with Crippen LogP contribution in [0, 0.1) is 0 Å². The van der Waals surface area contributed by atoms with Gasteiger partial charge in [0, 0.05) is 27.9 Å². The molecule has 2 aliphatic rings. The van der Waals surface area contributed by atoms with E-state index in [1.54, 1.807) is 0 Å². The molecule has 0 amide bonds. The van der Waals surface area contributed by atoms with Crippen LogP contribution in [0.5, 0.6) is 11.5 Å². The van der Waals surface area contributed by atoms with Gasteiger partial charge in [-0.15, -0.1) is 0 Å². The first kappa shape index (κ1) is 33.9. The molecular formula is C55H40N2O. The number of anilines is 6. The van der Waals surface area contributed by atoms with E-state index in [4.69, 9.17) is 4.74 Å². The van der Waals surface area contributed by atoms with Crippen molar-refractivity contribution in [3.05, 3.63) is 217 Å². The summed E-state index contributed by atoms with van der Waals surface area (Å²) in [5, 5.41) is 2.38. The van der Waals surface area contributed by atoms with Crippen molar-refractivity contribution in [2.75, 3.05) is 9.80 Å². The number of benzene rings is 9. The molecule has 0 radical (unpaired) electrons. The molecule has 0 bridgehead atoms. The van der Waals surface area contributed by atoms with Crippen LogP contribution in [0.4, 0.5) is 34.1 Å². The third kappa shape index (κ3) is 5.50. The van der Waals surface area contributed by atoms with Gasteiger partial charge < -0.3 is 14.5 Å². The zero-order valence-corrected chi connectivity index (χ0v) is 32.4. The first-order chi connectivity index (χ1) is 28.5. The van der Waals surface area contributed by atoms with Gasteiger partial charge >= 0.3 is 0 Å². The second kappa shape index (κ2) is 13.4. The van der Waals surface area contributed by atoms with Gasteiger partial charge in [0.05, 0.1) is 17.1 Å². The highest BCUT2D eigenvalue weighted by molar-refractivity contribution is 6.06. The molecule has 9 aromatic carbocycles. The van der Waals surface area contributed by atoms with E-state index in [0.717, 1.165) is 39.9 Å². The summed E-state index contributed by atoms with van der Waals surface area (Å²) < 4.78 is 6.62. The molecule has 11 rings (SSSR count). The maximum atomic E-state index is 6.62. The Morgan fingerprint density at radius 1 is 0.397 bits per heavy atom. The summed E-state index contributed by atoms with van der Waals surface area (Å²) in [7, 11) is 0. The second-order valence-electron chi connectivity index (χ2n) is 15.8. The minimum absolute atomic E-state index is 0.245. The Bertz CT molecular complexity index is 2990. The number of fused-ring (bicyclic) bond motifs is 6. The van der Waals surface area contributed by atoms with Gasteiger partial charge in [0.25, 0.3) is 0 Å². The number of rotatable bonds is 6. The molecule has 9 aromatic rings. The van der Waals surface area contributed by atoms with Gasteiger partial charge in [-0.05, 0) is 111 Å². The van der Waals surface area contributed by atoms with Gasteiger partial charge in [-0.1, -0.05) is 159 Å². The SMILES string of the molecule is CC1(C)c2cc(-c3ccc(-c4cccc(N(c5ccccc5)c5ccc(-c6ccccc6)cc5)c4)cc3)ccc2N2c3c(cccc31)Oc1ccc3ccccc3c12. The van der Waals surface area contributed by atoms with Crippen LogP contribution in [0.15, 0.2) is 206 Å². The first-order valence-corrected chi connectivity index (χ1v) is 20.0. The number of ether oxygens (including phenoxy) is 1. The number of para-hydroxylation sites is 2. The summed E-state index contributed by atoms with van der Waals surface area (Å²) in [6.07, 6.45) is 0. The number of hydrogen-bond acceptors (Lipinski definition) is 3. The van der Waals surface area contributed by atoms with Crippen LogP contribution in [0.1, 0.15) is 25.0 Å². The van der Waals surface area contributed by atoms with Crippen LogP contribution >= 0.6 is 0 Å². The molecule has 2 aliphatic heterocycles. The largest absolute Gasteiger partial charge is 0.453 e. The molecule has 2 heterocycles. The van der Waals surface area contributed by atoms with Gasteiger partial charge in [-0.3, -0.25) is 0 Å². The zero-order valence-electron chi connectivity index (χ0n) is 32.4. The monoisotopic (exact) mass is 744 g/mol. The first-order valence-electron chi connectivity index (χ1n) is 20.0. The van der Waals surface area contributed by atoms with Crippen molar-refractivity contribution in [3.63, 3.8) is 0 Å². The second-order valence-corrected chi connectivity index (χ2v) is 15.8. The summed E-state index contributed by atoms with van der Waals surface area (Å²) in [6, 6.07) is 74.3. The molecule has 276 valence electrons. The average molecular weight is 745 g/mol. The van der Waals surface area contributed by atoms with Gasteiger partial charge in [0.2, 0.25) is 0 Å². The molecule has 3 nitrogen and oxygen atoms in total. The fourth-order valence-corrected chi connectivity index (χ4v) is 9.05. The Hall–Kier alpha value is -7.36. The van der Waals surface area contributed by atoms with Crippen molar-refractivity contribution in [2.45, 2.75) is 19.3 Å². The van der Waals surface area contributed by atoms with Crippen molar-refractivity contribution in [2.24, 2.45) is 0 Å². The maximum Gasteiger partial charge on any atom is 0.152 e. The highest BCUT2D eigenvalue weighted by atomic mass is 16.5. The van der Waals surface area contributed by atoms with E-state index in [1.165, 1.54) is 61.0 Å². The van der Waals surface area contributed by atoms with E-state index in [2.05, 4.69) is 230 Å². The highest BCUT2D eigenvalue weighted by Gasteiger charge is 2.42. The molecule has 0 aromatic heterocycles. The van der Waals surface area contributed by atoms with Crippen LogP contribution in [0.2, 0.25) is 0 Å². The standard InChI is InChI=1S/C55H40N2O/c1-55(2)48-21-12-22-51-54(48)57(53-47-20-10-9-15-41(47)30-34-52(53)58-51)50-33-29-43(36-49(50)55)40-25-23-39(24-26-40)42-16-11-19-46(35-42)56(44-17-7-4-8-18-44)45-31-27-38(28-32-45)37-13-5-3-6-14-37/h3-36H,1-2H3. The van der Waals surface area contributed by atoms with Crippen molar-refractivity contribution in [3.8, 4) is 44.9 Å². The van der Waals surface area contributed by atoms with Crippen molar-refractivity contribution >= 4 is 44.9 Å². The lowest BCUT2D eigenvalue weighted by atomic mass is 9.72. The predicted octanol–water partition coefficient (Wildman–Crippen LogP) is 15.5. The van der Waals surface area contributed by atoms with E-state index < -0.39 is 0 Å². The molecule has 58 heavy (non-hydrogen) atoms. The third-order valence-corrected chi connectivity index (χ3v) is 12.0. The van der Waals surface area contributed by atoms with Gasteiger partial charge in [0.15, 0.2) is 11.5 Å². The number of nitrogens with zero attached hydrogens (tertiary/aromatic N) is 2. The van der Waals surface area contributed by atoms with Crippen LogP contribution in [0.25, 0.3) is 44.2 Å². The van der Waals surface area contributed by atoms with E-state index >= 15 is 0 Å². The number of hydrogen-bond donors (Lipinski definition) is 0. The van der Waals surface area contributed by atoms with Crippen LogP contribution in [-0.4, -0.2) is 0 Å². The van der Waals surface area contributed by atoms with Crippen molar-refractivity contribution in [1.82, 2.24) is 0 Å². The molecule has 0 aliphatic carbocycles. The molecule has 0 saturated carbocycles. The molecule has 0 unspecified atom stereocenters. The lowest BCUT2D eigenvalue weighted by molar-refractivity contribution is 0.472. The molecule has 3 heteroatoms. The fourth-order valence-electron chi connectivity index (χ4n) is 9.05. The summed E-state index contributed by atoms with van der Waals surface area (Å²) in [6.45, 7) is 4.68. The minimum atomic E-state index is -0.245. The predicted molar refractivity (Wildman–Crippen MR) is 242 cm³/mol. The molecule has 0 spiro atoms. The quantitative estimate of drug-likeness (QED) is 0.169. The van der Waals surface area contributed by atoms with Crippen molar-refractivity contribution in [1.29, 1.82) is 0 Å². The molecule has 0 N–H and O–H groups in total. The van der Waals surface area contributed by atoms with Crippen LogP contribution in [-0.2, 0) is 5.41 Å². The normalized spacial score (nSPS) is 13.2. The molecule has 0 atom stereocenters. The van der Waals surface area contributed by atoms with E-state index in [0.29, 0.717) is 0 Å². The third-order valence-electron chi connectivity index (χ3n) is 12.0. The Kier molecular flexibility index (Phi) is 7.84. The van der Waals surface area contributed by atoms with E-state index in [9.17, 15) is 0 Å². The van der Waals surface area contributed by atoms with Gasteiger partial charge in [-0.2, -0.15) is 0 Å². The van der Waals surface area contributed by atoms with Crippen LogP contribution < -0.4 is 14.5 Å². The summed E-state index contributed by atoms with van der Waals surface area (Å²) in [5.41, 5.74) is 16.2. The van der Waals surface area contributed by atoms with E-state index in [-0.39, 0.29) is 5.41 Å². The maximum absolute atomic E-state index is 6.62. The van der Waals surface area contributed by atoms with Gasteiger partial charge in [-0.25, -0.2) is 0 Å². The Labute approximate surface area is 339 Å². The minimum Gasteiger partial charge on any atom is -0.453 e. The summed E-state index contributed by atoms with van der Waals surface area (Å²) in [5.74, 6) is 1.78. The Balaban J connectivity index is 0.948. The van der Waals surface area contributed by atoms with E-state index in [1.807, 2.05) is 0 Å². The summed E-state index contributed by atoms with van der Waals surface area (Å²) in [4.78, 5) is 4.78. The molecule has 0 fully saturated rings. The van der Waals surface area contributed by atoms with Crippen molar-refractivity contribution < 1.29 is 4.74 Å². The Morgan fingerprint density at radius 2 is 0.948 bits per heavy atom. The summed E-state index contributed by atoms with van der Waals surface area (Å²) >= 11 is 0. The fraction of sp³-hybridized carbons (Fsp3) is 0.0545.